The fraction of sp³-hybridized carbons (Fsp3) is 0.692. The molecule has 1 aromatic rings. The van der Waals surface area contributed by atoms with Crippen molar-refractivity contribution in [3.8, 4) is 5.75 Å². The van der Waals surface area contributed by atoms with Gasteiger partial charge in [-0.25, -0.2) is 4.79 Å². The van der Waals surface area contributed by atoms with E-state index in [4.69, 9.17) is 19.3 Å². The molecule has 2 aliphatic carbocycles. The molecular formula is C26H38O7. The number of carboxylic acid groups (broad SMARTS) is 1. The molecule has 2 N–H and O–H groups in total. The van der Waals surface area contributed by atoms with E-state index in [0.29, 0.717) is 43.5 Å². The van der Waals surface area contributed by atoms with E-state index in [1.807, 2.05) is 12.1 Å². The van der Waals surface area contributed by atoms with Crippen LogP contribution in [0.4, 0.5) is 0 Å². The molecule has 0 spiro atoms. The second-order valence-electron chi connectivity index (χ2n) is 9.45. The number of carbonyl (C=O) groups is 2. The number of ether oxygens (including phenoxy) is 3. The van der Waals surface area contributed by atoms with Crippen LogP contribution in [0.3, 0.4) is 0 Å². The fourth-order valence-electron chi connectivity index (χ4n) is 5.64. The van der Waals surface area contributed by atoms with Crippen LogP contribution >= 0.6 is 0 Å². The maximum absolute atomic E-state index is 12.5. The average molecular weight is 463 g/mol. The molecule has 3 rings (SSSR count). The molecule has 0 heterocycles. The predicted octanol–water partition coefficient (Wildman–Crippen LogP) is 3.78. The Bertz CT molecular complexity index is 793. The van der Waals surface area contributed by atoms with Gasteiger partial charge in [-0.15, -0.1) is 0 Å². The molecule has 0 amide bonds. The second-order valence-corrected chi connectivity index (χ2v) is 9.45. The van der Waals surface area contributed by atoms with Gasteiger partial charge in [-0.3, -0.25) is 4.79 Å². The SMILES string of the molecule is CCC[C@H](O)CC[C@@H]1[C@H]2Cc3cccc(OCC(=O)O)c3C[C@H]2C[C@H]1OC(=O)CCCOC. The third-order valence-corrected chi connectivity index (χ3v) is 7.14. The average Bonchev–Trinajstić information content (AvgIpc) is 3.10. The van der Waals surface area contributed by atoms with Crippen LogP contribution in [0.15, 0.2) is 18.2 Å². The molecule has 7 heteroatoms. The van der Waals surface area contributed by atoms with Crippen LogP contribution in [0.1, 0.15) is 63.0 Å². The molecule has 0 radical (unpaired) electrons. The van der Waals surface area contributed by atoms with E-state index < -0.39 is 5.97 Å². The third kappa shape index (κ3) is 6.93. The highest BCUT2D eigenvalue weighted by atomic mass is 16.5. The van der Waals surface area contributed by atoms with Gasteiger partial charge in [0.25, 0.3) is 0 Å². The lowest BCUT2D eigenvalue weighted by Crippen LogP contribution is -2.30. The number of benzene rings is 1. The van der Waals surface area contributed by atoms with Crippen molar-refractivity contribution < 1.29 is 34.0 Å². The molecule has 1 fully saturated rings. The van der Waals surface area contributed by atoms with E-state index in [0.717, 1.165) is 44.1 Å². The zero-order valence-electron chi connectivity index (χ0n) is 19.8. The predicted molar refractivity (Wildman–Crippen MR) is 123 cm³/mol. The van der Waals surface area contributed by atoms with Crippen molar-refractivity contribution in [3.05, 3.63) is 29.3 Å². The number of aliphatic carboxylic acids is 1. The maximum atomic E-state index is 12.5. The largest absolute Gasteiger partial charge is 0.482 e. The number of aliphatic hydroxyl groups excluding tert-OH is 1. The van der Waals surface area contributed by atoms with Crippen molar-refractivity contribution in [2.45, 2.75) is 76.9 Å². The summed E-state index contributed by atoms with van der Waals surface area (Å²) in [5, 5.41) is 19.3. The van der Waals surface area contributed by atoms with Crippen molar-refractivity contribution in [3.63, 3.8) is 0 Å². The van der Waals surface area contributed by atoms with E-state index in [1.54, 1.807) is 7.11 Å². The van der Waals surface area contributed by atoms with E-state index >= 15 is 0 Å². The summed E-state index contributed by atoms with van der Waals surface area (Å²) in [4.78, 5) is 23.5. The number of rotatable bonds is 13. The second kappa shape index (κ2) is 12.4. The smallest absolute Gasteiger partial charge is 0.341 e. The Morgan fingerprint density at radius 3 is 2.76 bits per heavy atom. The minimum Gasteiger partial charge on any atom is -0.482 e. The van der Waals surface area contributed by atoms with Gasteiger partial charge in [0.2, 0.25) is 0 Å². The summed E-state index contributed by atoms with van der Waals surface area (Å²) >= 11 is 0. The summed E-state index contributed by atoms with van der Waals surface area (Å²) in [7, 11) is 1.62. The monoisotopic (exact) mass is 462 g/mol. The highest BCUT2D eigenvalue weighted by Crippen LogP contribution is 2.49. The summed E-state index contributed by atoms with van der Waals surface area (Å²) in [6.07, 6.45) is 6.25. The molecule has 0 aromatic heterocycles. The summed E-state index contributed by atoms with van der Waals surface area (Å²) in [5.74, 6) is 0.397. The number of aliphatic hydroxyl groups is 1. The molecule has 0 saturated heterocycles. The number of fused-ring (bicyclic) bond motifs is 2. The van der Waals surface area contributed by atoms with Crippen molar-refractivity contribution in [2.75, 3.05) is 20.3 Å². The zero-order chi connectivity index (χ0) is 23.8. The Balaban J connectivity index is 1.74. The van der Waals surface area contributed by atoms with Gasteiger partial charge in [-0.05, 0) is 79.9 Å². The molecule has 1 saturated carbocycles. The lowest BCUT2D eigenvalue weighted by atomic mass is 9.73. The highest BCUT2D eigenvalue weighted by molar-refractivity contribution is 5.69. The molecule has 2 aliphatic rings. The lowest BCUT2D eigenvalue weighted by Gasteiger charge is -2.32. The highest BCUT2D eigenvalue weighted by Gasteiger charge is 2.47. The van der Waals surface area contributed by atoms with Gasteiger partial charge in [-0.2, -0.15) is 0 Å². The molecule has 0 aliphatic heterocycles. The first kappa shape index (κ1) is 25.5. The molecule has 0 bridgehead atoms. The van der Waals surface area contributed by atoms with Gasteiger partial charge in [-0.1, -0.05) is 25.5 Å². The van der Waals surface area contributed by atoms with Gasteiger partial charge in [0.15, 0.2) is 6.61 Å². The van der Waals surface area contributed by atoms with Gasteiger partial charge in [0.05, 0.1) is 6.10 Å². The summed E-state index contributed by atoms with van der Waals surface area (Å²) in [6, 6.07) is 5.84. The van der Waals surface area contributed by atoms with Crippen LogP contribution < -0.4 is 4.74 Å². The van der Waals surface area contributed by atoms with Crippen molar-refractivity contribution >= 4 is 11.9 Å². The number of methoxy groups -OCH3 is 1. The van der Waals surface area contributed by atoms with Crippen LogP contribution in [0.2, 0.25) is 0 Å². The Kier molecular flexibility index (Phi) is 9.56. The van der Waals surface area contributed by atoms with Crippen molar-refractivity contribution in [2.24, 2.45) is 17.8 Å². The van der Waals surface area contributed by atoms with Crippen LogP contribution in [0, 0.1) is 17.8 Å². The van der Waals surface area contributed by atoms with Crippen molar-refractivity contribution in [1.82, 2.24) is 0 Å². The van der Waals surface area contributed by atoms with E-state index in [2.05, 4.69) is 13.0 Å². The zero-order valence-corrected chi connectivity index (χ0v) is 19.8. The first-order chi connectivity index (χ1) is 15.9. The number of carboxylic acids is 1. The van der Waals surface area contributed by atoms with Crippen LogP contribution in [0.5, 0.6) is 5.75 Å². The van der Waals surface area contributed by atoms with Crippen LogP contribution in [0.25, 0.3) is 0 Å². The Labute approximate surface area is 196 Å². The third-order valence-electron chi connectivity index (χ3n) is 7.14. The molecule has 1 aromatic carbocycles. The summed E-state index contributed by atoms with van der Waals surface area (Å²) in [5.41, 5.74) is 2.27. The molecule has 0 unspecified atom stereocenters. The van der Waals surface area contributed by atoms with Gasteiger partial charge < -0.3 is 24.4 Å². The van der Waals surface area contributed by atoms with Gasteiger partial charge >= 0.3 is 11.9 Å². The normalized spacial score (nSPS) is 24.6. The molecular weight excluding hydrogens is 424 g/mol. The van der Waals surface area contributed by atoms with E-state index in [9.17, 15) is 14.7 Å². The Morgan fingerprint density at radius 2 is 2.03 bits per heavy atom. The lowest BCUT2D eigenvalue weighted by molar-refractivity contribution is -0.151. The summed E-state index contributed by atoms with van der Waals surface area (Å²) < 4.78 is 16.6. The standard InChI is InChI=1S/C26H38O7/c1-3-6-19(27)10-11-20-21-13-17-7-4-8-23(32-16-25(28)29)22(17)14-18(21)15-24(20)33-26(30)9-5-12-31-2/h4,7-8,18-21,24,27H,3,5-6,9-16H2,1-2H3,(H,28,29)/t18-,19-,20+,21-,24+/m0/s1. The molecule has 33 heavy (non-hydrogen) atoms. The number of hydrogen-bond acceptors (Lipinski definition) is 6. The van der Waals surface area contributed by atoms with Crippen LogP contribution in [-0.2, 0) is 31.9 Å². The fourth-order valence-corrected chi connectivity index (χ4v) is 5.64. The molecule has 7 nitrogen and oxygen atoms in total. The quantitative estimate of drug-likeness (QED) is 0.340. The topological polar surface area (TPSA) is 102 Å². The number of carbonyl (C=O) groups excluding carboxylic acids is 1. The van der Waals surface area contributed by atoms with Gasteiger partial charge in [0.1, 0.15) is 11.9 Å². The number of hydrogen-bond donors (Lipinski definition) is 2. The minimum absolute atomic E-state index is 0.151. The Morgan fingerprint density at radius 1 is 1.21 bits per heavy atom. The van der Waals surface area contributed by atoms with Crippen molar-refractivity contribution in [1.29, 1.82) is 0 Å². The number of esters is 1. The molecule has 184 valence electrons. The first-order valence-electron chi connectivity index (χ1n) is 12.2. The van der Waals surface area contributed by atoms with Gasteiger partial charge in [0, 0.05) is 20.1 Å². The van der Waals surface area contributed by atoms with Crippen LogP contribution in [-0.4, -0.2) is 54.7 Å². The van der Waals surface area contributed by atoms with E-state index in [1.165, 1.54) is 5.56 Å². The maximum Gasteiger partial charge on any atom is 0.341 e. The van der Waals surface area contributed by atoms with E-state index in [-0.39, 0.29) is 30.7 Å². The minimum atomic E-state index is -0.992. The first-order valence-corrected chi connectivity index (χ1v) is 12.2. The molecule has 5 atom stereocenters. The summed E-state index contributed by atoms with van der Waals surface area (Å²) in [6.45, 7) is 2.25. The Hall–Kier alpha value is -2.12.